The highest BCUT2D eigenvalue weighted by Gasteiger charge is 2.25. The summed E-state index contributed by atoms with van der Waals surface area (Å²) in [7, 11) is 0. The summed E-state index contributed by atoms with van der Waals surface area (Å²) in [4.78, 5) is 21.4. The summed E-state index contributed by atoms with van der Waals surface area (Å²) < 4.78 is 0. The van der Waals surface area contributed by atoms with Crippen LogP contribution in [0.15, 0.2) is 12.1 Å². The molecule has 0 spiro atoms. The van der Waals surface area contributed by atoms with Gasteiger partial charge in [0.2, 0.25) is 0 Å². The molecule has 0 aliphatic heterocycles. The van der Waals surface area contributed by atoms with Gasteiger partial charge in [-0.15, -0.1) is 0 Å². The van der Waals surface area contributed by atoms with Crippen LogP contribution in [-0.4, -0.2) is 28.6 Å². The fourth-order valence-electron chi connectivity index (χ4n) is 1.64. The van der Waals surface area contributed by atoms with Crippen molar-refractivity contribution in [2.24, 2.45) is 0 Å². The van der Waals surface area contributed by atoms with Crippen LogP contribution < -0.4 is 5.32 Å². The highest BCUT2D eigenvalue weighted by molar-refractivity contribution is 6.42. The minimum atomic E-state index is -1.10. The standard InChI is InChI=1S/C11H12Cl2N2O4/c1-2-14-8(11(16)17)5-6-9(15(18)19)4-3-7(12)10(6)13/h3-4,8,14H,2,5H2,1H3,(H,16,17)/t8-/m1/s1. The SMILES string of the molecule is CCN[C@H](Cc1c([N+](=O)[O-])ccc(Cl)c1Cl)C(=O)O. The molecule has 19 heavy (non-hydrogen) atoms. The van der Waals surface area contributed by atoms with Crippen molar-refractivity contribution < 1.29 is 14.8 Å². The molecule has 1 aromatic rings. The number of carbonyl (C=O) groups is 1. The van der Waals surface area contributed by atoms with Crippen molar-refractivity contribution in [1.82, 2.24) is 5.32 Å². The third-order valence-corrected chi connectivity index (χ3v) is 3.37. The monoisotopic (exact) mass is 306 g/mol. The molecule has 0 aromatic heterocycles. The van der Waals surface area contributed by atoms with Crippen LogP contribution >= 0.6 is 23.2 Å². The molecule has 1 rings (SSSR count). The van der Waals surface area contributed by atoms with E-state index in [0.29, 0.717) is 6.54 Å². The minimum Gasteiger partial charge on any atom is -0.480 e. The average molecular weight is 307 g/mol. The predicted molar refractivity (Wildman–Crippen MR) is 71.9 cm³/mol. The van der Waals surface area contributed by atoms with Crippen LogP contribution in [-0.2, 0) is 11.2 Å². The van der Waals surface area contributed by atoms with Gasteiger partial charge in [0.05, 0.1) is 20.5 Å². The number of aliphatic carboxylic acids is 1. The van der Waals surface area contributed by atoms with Crippen LogP contribution in [0, 0.1) is 10.1 Å². The lowest BCUT2D eigenvalue weighted by atomic mass is 10.0. The molecule has 0 saturated heterocycles. The lowest BCUT2D eigenvalue weighted by Gasteiger charge is -2.14. The van der Waals surface area contributed by atoms with E-state index in [9.17, 15) is 14.9 Å². The Morgan fingerprint density at radius 2 is 2.16 bits per heavy atom. The first-order chi connectivity index (χ1) is 8.88. The number of rotatable bonds is 6. The van der Waals surface area contributed by atoms with Gasteiger partial charge in [-0.2, -0.15) is 0 Å². The average Bonchev–Trinajstić information content (AvgIpc) is 2.33. The molecule has 6 nitrogen and oxygen atoms in total. The van der Waals surface area contributed by atoms with Crippen molar-refractivity contribution in [3.8, 4) is 0 Å². The van der Waals surface area contributed by atoms with Crippen molar-refractivity contribution in [3.63, 3.8) is 0 Å². The van der Waals surface area contributed by atoms with E-state index in [2.05, 4.69) is 5.32 Å². The lowest BCUT2D eigenvalue weighted by molar-refractivity contribution is -0.385. The van der Waals surface area contributed by atoms with Crippen molar-refractivity contribution in [2.75, 3.05) is 6.54 Å². The Labute approximate surface area is 119 Å². The van der Waals surface area contributed by atoms with Gasteiger partial charge >= 0.3 is 5.97 Å². The smallest absolute Gasteiger partial charge is 0.321 e. The second-order valence-corrected chi connectivity index (χ2v) is 4.55. The summed E-state index contributed by atoms with van der Waals surface area (Å²) in [6.07, 6.45) is -0.112. The van der Waals surface area contributed by atoms with Crippen molar-refractivity contribution in [2.45, 2.75) is 19.4 Å². The molecule has 1 atom stereocenters. The first kappa shape index (κ1) is 15.7. The number of hydrogen-bond donors (Lipinski definition) is 2. The fraction of sp³-hybridized carbons (Fsp3) is 0.364. The Bertz CT molecular complexity index is 508. The second-order valence-electron chi connectivity index (χ2n) is 3.77. The zero-order valence-corrected chi connectivity index (χ0v) is 11.5. The molecule has 0 fully saturated rings. The van der Waals surface area contributed by atoms with Crippen molar-refractivity contribution in [1.29, 1.82) is 0 Å². The molecule has 0 unspecified atom stereocenters. The first-order valence-electron chi connectivity index (χ1n) is 5.45. The van der Waals surface area contributed by atoms with E-state index in [0.717, 1.165) is 0 Å². The largest absolute Gasteiger partial charge is 0.480 e. The summed E-state index contributed by atoms with van der Waals surface area (Å²) in [5, 5.41) is 22.9. The van der Waals surface area contributed by atoms with E-state index in [4.69, 9.17) is 28.3 Å². The normalized spacial score (nSPS) is 12.2. The van der Waals surface area contributed by atoms with Crippen LogP contribution in [0.25, 0.3) is 0 Å². The summed E-state index contributed by atoms with van der Waals surface area (Å²) in [6, 6.07) is 1.57. The molecule has 1 aromatic carbocycles. The summed E-state index contributed by atoms with van der Waals surface area (Å²) in [6.45, 7) is 2.16. The first-order valence-corrected chi connectivity index (χ1v) is 6.21. The molecule has 0 amide bonds. The number of likely N-dealkylation sites (N-methyl/N-ethyl adjacent to an activating group) is 1. The molecular weight excluding hydrogens is 295 g/mol. The number of benzene rings is 1. The Morgan fingerprint density at radius 1 is 1.53 bits per heavy atom. The molecule has 0 bridgehead atoms. The molecular formula is C11H12Cl2N2O4. The molecule has 0 aliphatic carbocycles. The summed E-state index contributed by atoms with van der Waals surface area (Å²) in [5.41, 5.74) is -0.119. The molecule has 0 aliphatic rings. The van der Waals surface area contributed by atoms with E-state index >= 15 is 0 Å². The van der Waals surface area contributed by atoms with Gasteiger partial charge in [0.25, 0.3) is 5.69 Å². The van der Waals surface area contributed by atoms with E-state index in [1.54, 1.807) is 6.92 Å². The van der Waals surface area contributed by atoms with Gasteiger partial charge in [-0.1, -0.05) is 30.1 Å². The third-order valence-electron chi connectivity index (χ3n) is 2.52. The third kappa shape index (κ3) is 3.79. The lowest BCUT2D eigenvalue weighted by Crippen LogP contribution is -2.38. The number of nitrogens with one attached hydrogen (secondary N) is 1. The highest BCUT2D eigenvalue weighted by Crippen LogP contribution is 2.33. The van der Waals surface area contributed by atoms with Gasteiger partial charge in [-0.25, -0.2) is 0 Å². The number of nitro benzene ring substituents is 1. The Hall–Kier alpha value is -1.37. The van der Waals surface area contributed by atoms with E-state index < -0.39 is 16.9 Å². The van der Waals surface area contributed by atoms with Gasteiger partial charge in [-0.3, -0.25) is 14.9 Å². The van der Waals surface area contributed by atoms with E-state index in [1.165, 1.54) is 12.1 Å². The number of carboxylic acid groups (broad SMARTS) is 1. The zero-order chi connectivity index (χ0) is 14.6. The van der Waals surface area contributed by atoms with Crippen LogP contribution in [0.2, 0.25) is 10.0 Å². The topological polar surface area (TPSA) is 92.5 Å². The van der Waals surface area contributed by atoms with Crippen LogP contribution in [0.1, 0.15) is 12.5 Å². The van der Waals surface area contributed by atoms with Gasteiger partial charge in [0.15, 0.2) is 0 Å². The number of hydrogen-bond acceptors (Lipinski definition) is 4. The predicted octanol–water partition coefficient (Wildman–Crippen LogP) is 2.51. The van der Waals surface area contributed by atoms with Gasteiger partial charge < -0.3 is 10.4 Å². The Morgan fingerprint density at radius 3 is 2.63 bits per heavy atom. The molecule has 0 saturated carbocycles. The van der Waals surface area contributed by atoms with Gasteiger partial charge in [-0.05, 0) is 12.6 Å². The summed E-state index contributed by atoms with van der Waals surface area (Å²) in [5.74, 6) is -1.10. The summed E-state index contributed by atoms with van der Waals surface area (Å²) >= 11 is 11.7. The quantitative estimate of drug-likeness (QED) is 0.622. The molecule has 0 radical (unpaired) electrons. The number of nitro groups is 1. The Kier molecular flexibility index (Phi) is 5.53. The Balaban J connectivity index is 3.20. The highest BCUT2D eigenvalue weighted by atomic mass is 35.5. The fourth-order valence-corrected chi connectivity index (χ4v) is 2.06. The number of carboxylic acids is 1. The van der Waals surface area contributed by atoms with Crippen LogP contribution in [0.4, 0.5) is 5.69 Å². The maximum Gasteiger partial charge on any atom is 0.321 e. The zero-order valence-electron chi connectivity index (χ0n) is 10.0. The van der Waals surface area contributed by atoms with Gasteiger partial charge in [0, 0.05) is 12.5 Å². The van der Waals surface area contributed by atoms with Crippen LogP contribution in [0.5, 0.6) is 0 Å². The second kappa shape index (κ2) is 6.70. The van der Waals surface area contributed by atoms with Crippen LogP contribution in [0.3, 0.4) is 0 Å². The molecule has 8 heteroatoms. The molecule has 104 valence electrons. The minimum absolute atomic E-state index is 0.0139. The molecule has 2 N–H and O–H groups in total. The van der Waals surface area contributed by atoms with E-state index in [-0.39, 0.29) is 27.7 Å². The maximum absolute atomic E-state index is 11.1. The number of halogens is 2. The van der Waals surface area contributed by atoms with E-state index in [1.807, 2.05) is 0 Å². The van der Waals surface area contributed by atoms with Crippen molar-refractivity contribution >= 4 is 34.9 Å². The van der Waals surface area contributed by atoms with Crippen molar-refractivity contribution in [3.05, 3.63) is 37.9 Å². The number of nitrogens with zero attached hydrogens (tertiary/aromatic N) is 1. The molecule has 0 heterocycles. The maximum atomic E-state index is 11.1. The van der Waals surface area contributed by atoms with Gasteiger partial charge in [0.1, 0.15) is 6.04 Å².